The molecule has 0 aromatic heterocycles. The monoisotopic (exact) mass is 246 g/mol. The summed E-state index contributed by atoms with van der Waals surface area (Å²) in [5.74, 6) is 1.07. The Kier molecular flexibility index (Phi) is 2.96. The Hall–Kier alpha value is -1.55. The number of fused-ring (bicyclic) bond motifs is 2. The lowest BCUT2D eigenvalue weighted by molar-refractivity contribution is -0.128. The second-order valence-electron chi connectivity index (χ2n) is 5.01. The Labute approximate surface area is 107 Å². The topological polar surface area (TPSA) is 41.6 Å². The van der Waals surface area contributed by atoms with Crippen LogP contribution in [0.3, 0.4) is 0 Å². The normalized spacial score (nSPS) is 27.1. The molecule has 2 saturated heterocycles. The number of hydrogen-bond donors (Lipinski definition) is 1. The van der Waals surface area contributed by atoms with Crippen LogP contribution in [0, 0.1) is 0 Å². The minimum absolute atomic E-state index is 0.0749. The molecule has 4 heteroatoms. The van der Waals surface area contributed by atoms with E-state index in [9.17, 15) is 4.79 Å². The molecule has 2 aliphatic heterocycles. The van der Waals surface area contributed by atoms with E-state index < -0.39 is 0 Å². The summed E-state index contributed by atoms with van der Waals surface area (Å²) in [4.78, 5) is 14.1. The number of hydrogen-bond acceptors (Lipinski definition) is 3. The number of nitrogens with one attached hydrogen (secondary N) is 1. The lowest BCUT2D eigenvalue weighted by Crippen LogP contribution is -2.54. The van der Waals surface area contributed by atoms with Crippen LogP contribution in [0.15, 0.2) is 24.3 Å². The highest BCUT2D eigenvalue weighted by atomic mass is 16.5. The second kappa shape index (κ2) is 4.61. The van der Waals surface area contributed by atoms with Crippen LogP contribution in [0.4, 0.5) is 0 Å². The summed E-state index contributed by atoms with van der Waals surface area (Å²) in [6.45, 7) is 1.65. The predicted octanol–water partition coefficient (Wildman–Crippen LogP) is 1.16. The van der Waals surface area contributed by atoms with Crippen molar-refractivity contribution in [3.8, 4) is 5.75 Å². The fourth-order valence-corrected chi connectivity index (χ4v) is 2.95. The number of methoxy groups -OCH3 is 1. The highest BCUT2D eigenvalue weighted by molar-refractivity contribution is 5.83. The van der Waals surface area contributed by atoms with Crippen LogP contribution in [0.5, 0.6) is 5.75 Å². The van der Waals surface area contributed by atoms with Gasteiger partial charge in [-0.3, -0.25) is 9.69 Å². The number of carbonyl (C=O) groups is 1. The van der Waals surface area contributed by atoms with Crippen LogP contribution >= 0.6 is 0 Å². The van der Waals surface area contributed by atoms with E-state index in [1.54, 1.807) is 7.11 Å². The summed E-state index contributed by atoms with van der Waals surface area (Å²) in [5.41, 5.74) is 1.24. The van der Waals surface area contributed by atoms with E-state index in [0.717, 1.165) is 31.7 Å². The van der Waals surface area contributed by atoms with E-state index in [-0.39, 0.29) is 11.9 Å². The van der Waals surface area contributed by atoms with Crippen molar-refractivity contribution in [2.75, 3.05) is 13.7 Å². The SMILES string of the molecule is COc1ccc(CN2C3CCC2C(=O)NC3)cc1. The summed E-state index contributed by atoms with van der Waals surface area (Å²) >= 11 is 0. The summed E-state index contributed by atoms with van der Waals surface area (Å²) in [6.07, 6.45) is 2.12. The quantitative estimate of drug-likeness (QED) is 0.870. The zero-order valence-electron chi connectivity index (χ0n) is 10.6. The molecule has 3 rings (SSSR count). The zero-order chi connectivity index (χ0) is 12.5. The molecule has 4 nitrogen and oxygen atoms in total. The molecule has 1 aromatic carbocycles. The highest BCUT2D eigenvalue weighted by Gasteiger charge is 2.41. The molecule has 1 aromatic rings. The fraction of sp³-hybridized carbons (Fsp3) is 0.500. The fourth-order valence-electron chi connectivity index (χ4n) is 2.95. The summed E-state index contributed by atoms with van der Waals surface area (Å²) in [7, 11) is 1.67. The lowest BCUT2D eigenvalue weighted by Gasteiger charge is -2.34. The van der Waals surface area contributed by atoms with Crippen molar-refractivity contribution in [2.24, 2.45) is 0 Å². The molecule has 0 radical (unpaired) electrons. The molecule has 2 heterocycles. The van der Waals surface area contributed by atoms with Crippen molar-refractivity contribution >= 4 is 5.91 Å². The Bertz CT molecular complexity index is 444. The third-order valence-electron chi connectivity index (χ3n) is 3.98. The van der Waals surface area contributed by atoms with Gasteiger partial charge in [-0.15, -0.1) is 0 Å². The Morgan fingerprint density at radius 1 is 1.33 bits per heavy atom. The van der Waals surface area contributed by atoms with Gasteiger partial charge in [-0.2, -0.15) is 0 Å². The van der Waals surface area contributed by atoms with Gasteiger partial charge < -0.3 is 10.1 Å². The molecule has 2 fully saturated rings. The first-order valence-corrected chi connectivity index (χ1v) is 6.44. The number of ether oxygens (including phenoxy) is 1. The first-order valence-electron chi connectivity index (χ1n) is 6.44. The average Bonchev–Trinajstić information content (AvgIpc) is 2.69. The van der Waals surface area contributed by atoms with Gasteiger partial charge in [0.2, 0.25) is 5.91 Å². The van der Waals surface area contributed by atoms with E-state index >= 15 is 0 Å². The maximum Gasteiger partial charge on any atom is 0.237 e. The van der Waals surface area contributed by atoms with Gasteiger partial charge in [0.1, 0.15) is 5.75 Å². The third kappa shape index (κ3) is 1.97. The van der Waals surface area contributed by atoms with Crippen LogP contribution < -0.4 is 10.1 Å². The summed E-state index contributed by atoms with van der Waals surface area (Å²) < 4.78 is 5.15. The molecule has 1 N–H and O–H groups in total. The minimum atomic E-state index is 0.0749. The molecule has 18 heavy (non-hydrogen) atoms. The van der Waals surface area contributed by atoms with E-state index in [0.29, 0.717) is 6.04 Å². The van der Waals surface area contributed by atoms with Gasteiger partial charge in [0.25, 0.3) is 0 Å². The maximum atomic E-state index is 11.8. The van der Waals surface area contributed by atoms with Crippen molar-refractivity contribution < 1.29 is 9.53 Å². The van der Waals surface area contributed by atoms with Gasteiger partial charge in [-0.25, -0.2) is 0 Å². The number of carbonyl (C=O) groups excluding carboxylic acids is 1. The van der Waals surface area contributed by atoms with E-state index in [4.69, 9.17) is 4.74 Å². The lowest BCUT2D eigenvalue weighted by atomic mass is 10.1. The Morgan fingerprint density at radius 3 is 2.83 bits per heavy atom. The summed E-state index contributed by atoms with van der Waals surface area (Å²) in [5, 5.41) is 2.98. The zero-order valence-corrected chi connectivity index (χ0v) is 10.6. The van der Waals surface area contributed by atoms with Crippen LogP contribution in [-0.2, 0) is 11.3 Å². The van der Waals surface area contributed by atoms with Gasteiger partial charge in [-0.1, -0.05) is 12.1 Å². The van der Waals surface area contributed by atoms with Gasteiger partial charge in [-0.05, 0) is 30.5 Å². The summed E-state index contributed by atoms with van der Waals surface area (Å²) in [6, 6.07) is 8.68. The maximum absolute atomic E-state index is 11.8. The molecule has 2 atom stereocenters. The molecule has 2 unspecified atom stereocenters. The highest BCUT2D eigenvalue weighted by Crippen LogP contribution is 2.29. The first kappa shape index (κ1) is 11.5. The average molecular weight is 246 g/mol. The largest absolute Gasteiger partial charge is 0.497 e. The van der Waals surface area contributed by atoms with Crippen molar-refractivity contribution in [1.82, 2.24) is 10.2 Å². The van der Waals surface area contributed by atoms with Gasteiger partial charge in [0, 0.05) is 19.1 Å². The van der Waals surface area contributed by atoms with E-state index in [2.05, 4.69) is 22.3 Å². The molecular formula is C14H18N2O2. The predicted molar refractivity (Wildman–Crippen MR) is 68.4 cm³/mol. The molecule has 0 saturated carbocycles. The Balaban J connectivity index is 1.73. The first-order chi connectivity index (χ1) is 8.78. The van der Waals surface area contributed by atoms with Gasteiger partial charge in [0.15, 0.2) is 0 Å². The molecule has 2 bridgehead atoms. The van der Waals surface area contributed by atoms with Crippen LogP contribution in [-0.4, -0.2) is 36.5 Å². The molecule has 0 aliphatic carbocycles. The number of benzene rings is 1. The molecule has 2 aliphatic rings. The second-order valence-corrected chi connectivity index (χ2v) is 5.01. The van der Waals surface area contributed by atoms with Crippen molar-refractivity contribution in [3.05, 3.63) is 29.8 Å². The van der Waals surface area contributed by atoms with E-state index in [1.807, 2.05) is 12.1 Å². The van der Waals surface area contributed by atoms with Crippen LogP contribution in [0.1, 0.15) is 18.4 Å². The molecule has 0 spiro atoms. The van der Waals surface area contributed by atoms with Crippen molar-refractivity contribution in [1.29, 1.82) is 0 Å². The van der Waals surface area contributed by atoms with Crippen molar-refractivity contribution in [2.45, 2.75) is 31.5 Å². The molecule has 1 amide bonds. The smallest absolute Gasteiger partial charge is 0.237 e. The molecular weight excluding hydrogens is 228 g/mol. The Morgan fingerprint density at radius 2 is 2.11 bits per heavy atom. The van der Waals surface area contributed by atoms with Crippen molar-refractivity contribution in [3.63, 3.8) is 0 Å². The van der Waals surface area contributed by atoms with Crippen LogP contribution in [0.25, 0.3) is 0 Å². The van der Waals surface area contributed by atoms with E-state index in [1.165, 1.54) is 5.56 Å². The molecule has 96 valence electrons. The third-order valence-corrected chi connectivity index (χ3v) is 3.98. The number of rotatable bonds is 3. The van der Waals surface area contributed by atoms with Gasteiger partial charge in [0.05, 0.1) is 13.2 Å². The standard InChI is InChI=1S/C14H18N2O2/c1-18-12-5-2-10(3-6-12)9-16-11-4-7-13(16)14(17)15-8-11/h2-3,5-6,11,13H,4,7-9H2,1H3,(H,15,17). The number of piperazine rings is 1. The minimum Gasteiger partial charge on any atom is -0.497 e. The number of nitrogens with zero attached hydrogens (tertiary/aromatic N) is 1. The van der Waals surface area contributed by atoms with Gasteiger partial charge >= 0.3 is 0 Å². The van der Waals surface area contributed by atoms with Crippen LogP contribution in [0.2, 0.25) is 0 Å². The number of amides is 1.